The summed E-state index contributed by atoms with van der Waals surface area (Å²) in [7, 11) is 0. The molecular weight excluding hydrogens is 244 g/mol. The smallest absolute Gasteiger partial charge is 0.0747 e. The minimum absolute atomic E-state index is 0.305. The van der Waals surface area contributed by atoms with Gasteiger partial charge < -0.3 is 0 Å². The van der Waals surface area contributed by atoms with Crippen molar-refractivity contribution in [2.45, 2.75) is 46.5 Å². The van der Waals surface area contributed by atoms with E-state index >= 15 is 0 Å². The molecule has 0 aliphatic carbocycles. The first-order chi connectivity index (χ1) is 7.86. The molecule has 0 N–H and O–H groups in total. The first-order valence-electron chi connectivity index (χ1n) is 6.19. The topological polar surface area (TPSA) is 0 Å². The van der Waals surface area contributed by atoms with E-state index in [0.29, 0.717) is 15.5 Å². The lowest BCUT2D eigenvalue weighted by molar-refractivity contribution is 0.303. The fourth-order valence-electron chi connectivity index (χ4n) is 2.25. The van der Waals surface area contributed by atoms with Crippen molar-refractivity contribution < 1.29 is 0 Å². The van der Waals surface area contributed by atoms with Gasteiger partial charge in [0.2, 0.25) is 0 Å². The maximum Gasteiger partial charge on any atom is 0.0747 e. The Hall–Kier alpha value is -0.340. The van der Waals surface area contributed by atoms with Gasteiger partial charge in [0, 0.05) is 0 Å². The predicted octanol–water partition coefficient (Wildman–Crippen LogP) is 5.22. The van der Waals surface area contributed by atoms with E-state index < -0.39 is 0 Å². The largest absolute Gasteiger partial charge is 0.131 e. The molecule has 0 spiro atoms. The Morgan fingerprint density at radius 1 is 1.24 bits per heavy atom. The van der Waals surface area contributed by atoms with Crippen LogP contribution in [-0.2, 0) is 0 Å². The minimum atomic E-state index is 0.305. The number of rotatable bonds is 4. The average molecular weight is 266 g/mol. The van der Waals surface area contributed by atoms with Crippen LogP contribution in [-0.4, -0.2) is 4.20 Å². The van der Waals surface area contributed by atoms with Crippen molar-refractivity contribution in [3.63, 3.8) is 0 Å². The van der Waals surface area contributed by atoms with E-state index in [0.717, 1.165) is 5.56 Å². The molecule has 0 saturated heterocycles. The highest BCUT2D eigenvalue weighted by atomic mass is 32.1. The van der Waals surface area contributed by atoms with Crippen molar-refractivity contribution in [2.75, 3.05) is 0 Å². The van der Waals surface area contributed by atoms with E-state index in [1.807, 2.05) is 0 Å². The lowest BCUT2D eigenvalue weighted by Gasteiger charge is -2.31. The highest BCUT2D eigenvalue weighted by Gasteiger charge is 2.25. The third-order valence-electron chi connectivity index (χ3n) is 3.18. The van der Waals surface area contributed by atoms with Crippen LogP contribution in [0.25, 0.3) is 0 Å². The lowest BCUT2D eigenvalue weighted by atomic mass is 9.74. The molecule has 94 valence electrons. The first-order valence-corrected chi connectivity index (χ1v) is 7.05. The third kappa shape index (κ3) is 4.11. The van der Waals surface area contributed by atoms with Gasteiger partial charge in [-0.3, -0.25) is 0 Å². The summed E-state index contributed by atoms with van der Waals surface area (Å²) in [6.45, 7) is 9.18. The fourth-order valence-corrected chi connectivity index (χ4v) is 2.53. The van der Waals surface area contributed by atoms with Gasteiger partial charge in [-0.25, -0.2) is 0 Å². The number of thiol groups is 1. The number of thiocarbonyl (C=S) groups is 1. The van der Waals surface area contributed by atoms with Gasteiger partial charge in [0.1, 0.15) is 0 Å². The molecule has 0 bridgehead atoms. The van der Waals surface area contributed by atoms with Gasteiger partial charge in [-0.2, -0.15) is 0 Å². The highest BCUT2D eigenvalue weighted by molar-refractivity contribution is 8.11. The van der Waals surface area contributed by atoms with Gasteiger partial charge in [-0.1, -0.05) is 70.6 Å². The molecule has 1 aromatic carbocycles. The van der Waals surface area contributed by atoms with E-state index in [-0.39, 0.29) is 0 Å². The van der Waals surface area contributed by atoms with Crippen molar-refractivity contribution in [1.82, 2.24) is 0 Å². The third-order valence-corrected chi connectivity index (χ3v) is 3.68. The molecule has 0 aromatic heterocycles. The number of hydrogen-bond donors (Lipinski definition) is 1. The van der Waals surface area contributed by atoms with Crippen LogP contribution in [0, 0.1) is 5.41 Å². The second kappa shape index (κ2) is 6.01. The van der Waals surface area contributed by atoms with Crippen molar-refractivity contribution in [3.05, 3.63) is 35.4 Å². The van der Waals surface area contributed by atoms with Crippen LogP contribution in [0.1, 0.15) is 57.6 Å². The fraction of sp³-hybridized carbons (Fsp3) is 0.533. The van der Waals surface area contributed by atoms with Gasteiger partial charge in [-0.15, -0.1) is 12.6 Å². The summed E-state index contributed by atoms with van der Waals surface area (Å²) in [4.78, 5) is 0. The second-order valence-electron chi connectivity index (χ2n) is 5.63. The molecule has 1 aromatic rings. The zero-order chi connectivity index (χ0) is 13.1. The molecule has 0 radical (unpaired) electrons. The maximum atomic E-state index is 5.06. The molecule has 0 amide bonds. The average Bonchev–Trinajstić information content (AvgIpc) is 2.24. The van der Waals surface area contributed by atoms with E-state index in [1.165, 1.54) is 18.4 Å². The van der Waals surface area contributed by atoms with E-state index in [4.69, 9.17) is 12.2 Å². The summed E-state index contributed by atoms with van der Waals surface area (Å²) in [5.74, 6) is 0.607. The zero-order valence-corrected chi connectivity index (χ0v) is 12.9. The number of hydrogen-bond acceptors (Lipinski definition) is 1. The van der Waals surface area contributed by atoms with E-state index in [1.54, 1.807) is 0 Å². The zero-order valence-electron chi connectivity index (χ0n) is 11.2. The molecule has 2 heteroatoms. The van der Waals surface area contributed by atoms with Crippen LogP contribution in [0.15, 0.2) is 24.3 Å². The SMILES string of the molecule is CCCC(c1ccc(C(=S)S)cc1)C(C)(C)C. The lowest BCUT2D eigenvalue weighted by Crippen LogP contribution is -2.18. The Bertz CT molecular complexity index is 371. The monoisotopic (exact) mass is 266 g/mol. The molecule has 0 aliphatic heterocycles. The first kappa shape index (κ1) is 14.7. The maximum absolute atomic E-state index is 5.06. The molecule has 0 saturated carbocycles. The summed E-state index contributed by atoms with van der Waals surface area (Å²) in [6, 6.07) is 8.56. The molecule has 0 aliphatic rings. The van der Waals surface area contributed by atoms with Crippen molar-refractivity contribution >= 4 is 29.0 Å². The molecule has 17 heavy (non-hydrogen) atoms. The van der Waals surface area contributed by atoms with Gasteiger partial charge in [0.25, 0.3) is 0 Å². The Morgan fingerprint density at radius 2 is 1.76 bits per heavy atom. The van der Waals surface area contributed by atoms with Crippen molar-refractivity contribution in [1.29, 1.82) is 0 Å². The van der Waals surface area contributed by atoms with Crippen LogP contribution in [0.5, 0.6) is 0 Å². The highest BCUT2D eigenvalue weighted by Crippen LogP contribution is 2.38. The van der Waals surface area contributed by atoms with Crippen LogP contribution < -0.4 is 0 Å². The quantitative estimate of drug-likeness (QED) is 0.576. The summed E-state index contributed by atoms with van der Waals surface area (Å²) < 4.78 is 0.666. The Morgan fingerprint density at radius 3 is 2.12 bits per heavy atom. The summed E-state index contributed by atoms with van der Waals surface area (Å²) in [5, 5.41) is 0. The Labute approximate surface area is 116 Å². The van der Waals surface area contributed by atoms with E-state index in [9.17, 15) is 0 Å². The van der Waals surface area contributed by atoms with Gasteiger partial charge in [0.05, 0.1) is 4.20 Å². The molecule has 0 nitrogen and oxygen atoms in total. The summed E-state index contributed by atoms with van der Waals surface area (Å²) >= 11 is 9.26. The molecule has 1 unspecified atom stereocenters. The minimum Gasteiger partial charge on any atom is -0.131 e. The summed E-state index contributed by atoms with van der Waals surface area (Å²) in [5.41, 5.74) is 2.75. The molecule has 0 heterocycles. The van der Waals surface area contributed by atoms with Crippen LogP contribution in [0.4, 0.5) is 0 Å². The Balaban J connectivity index is 2.99. The Kier molecular flexibility index (Phi) is 5.21. The van der Waals surface area contributed by atoms with Crippen LogP contribution >= 0.6 is 24.8 Å². The predicted molar refractivity (Wildman–Crippen MR) is 84.2 cm³/mol. The molecular formula is C15H22S2. The van der Waals surface area contributed by atoms with Crippen LogP contribution in [0.2, 0.25) is 0 Å². The standard InChI is InChI=1S/C15H22S2/c1-5-6-13(15(2,3)4)11-7-9-12(10-8-11)14(16)17/h7-10,13H,5-6H2,1-4H3,(H,16,17). The van der Waals surface area contributed by atoms with Gasteiger partial charge in [0.15, 0.2) is 0 Å². The summed E-state index contributed by atoms with van der Waals surface area (Å²) in [6.07, 6.45) is 2.45. The number of benzene rings is 1. The van der Waals surface area contributed by atoms with Gasteiger partial charge >= 0.3 is 0 Å². The molecule has 1 atom stereocenters. The van der Waals surface area contributed by atoms with Crippen molar-refractivity contribution in [2.24, 2.45) is 5.41 Å². The second-order valence-corrected chi connectivity index (χ2v) is 6.79. The van der Waals surface area contributed by atoms with Crippen LogP contribution in [0.3, 0.4) is 0 Å². The molecule has 0 fully saturated rings. The van der Waals surface area contributed by atoms with Gasteiger partial charge in [-0.05, 0) is 28.9 Å². The normalized spacial score (nSPS) is 13.5. The van der Waals surface area contributed by atoms with E-state index in [2.05, 4.69) is 64.6 Å². The van der Waals surface area contributed by atoms with Crippen molar-refractivity contribution in [3.8, 4) is 0 Å². The molecule has 1 rings (SSSR count).